The lowest BCUT2D eigenvalue weighted by Gasteiger charge is -2.16. The summed E-state index contributed by atoms with van der Waals surface area (Å²) in [7, 11) is -3.31. The molecule has 0 saturated heterocycles. The first-order valence-electron chi connectivity index (χ1n) is 6.31. The molecule has 3 N–H and O–H groups in total. The van der Waals surface area contributed by atoms with Gasteiger partial charge in [-0.15, -0.1) is 0 Å². The van der Waals surface area contributed by atoms with E-state index in [9.17, 15) is 8.42 Å². The van der Waals surface area contributed by atoms with Crippen LogP contribution in [-0.4, -0.2) is 21.0 Å². The van der Waals surface area contributed by atoms with E-state index in [1.807, 2.05) is 30.3 Å². The number of nitrogens with one attached hydrogen (secondary N) is 1. The van der Waals surface area contributed by atoms with E-state index in [-0.39, 0.29) is 11.8 Å². The second-order valence-corrected chi connectivity index (χ2v) is 6.19. The van der Waals surface area contributed by atoms with Gasteiger partial charge in [0.25, 0.3) is 0 Å². The first-order chi connectivity index (χ1) is 8.57. The second-order valence-electron chi connectivity index (χ2n) is 4.44. The van der Waals surface area contributed by atoms with Crippen LogP contribution in [0, 0.1) is 0 Å². The summed E-state index contributed by atoms with van der Waals surface area (Å²) in [5, 5.41) is 0. The monoisotopic (exact) mass is 270 g/mol. The van der Waals surface area contributed by atoms with Gasteiger partial charge < -0.3 is 5.73 Å². The summed E-state index contributed by atoms with van der Waals surface area (Å²) in [5.41, 5.74) is 6.38. The SMILES string of the molecule is CCCCC(CN)NS(=O)(=O)Cc1ccccc1. The van der Waals surface area contributed by atoms with Crippen LogP contribution in [0.5, 0.6) is 0 Å². The van der Waals surface area contributed by atoms with Crippen LogP contribution in [0.2, 0.25) is 0 Å². The molecule has 0 aliphatic rings. The molecule has 18 heavy (non-hydrogen) atoms. The lowest BCUT2D eigenvalue weighted by atomic mass is 10.1. The van der Waals surface area contributed by atoms with Crippen molar-refractivity contribution in [3.63, 3.8) is 0 Å². The van der Waals surface area contributed by atoms with Crippen LogP contribution in [0.4, 0.5) is 0 Å². The molecule has 0 heterocycles. The Morgan fingerprint density at radius 2 is 1.94 bits per heavy atom. The van der Waals surface area contributed by atoms with Crippen LogP contribution < -0.4 is 10.5 Å². The molecule has 4 nitrogen and oxygen atoms in total. The maximum absolute atomic E-state index is 12.0. The minimum absolute atomic E-state index is 0.0104. The number of unbranched alkanes of at least 4 members (excludes halogenated alkanes) is 1. The van der Waals surface area contributed by atoms with E-state index in [0.717, 1.165) is 24.8 Å². The number of rotatable bonds is 8. The van der Waals surface area contributed by atoms with Gasteiger partial charge in [0.05, 0.1) is 5.75 Å². The van der Waals surface area contributed by atoms with Crippen LogP contribution in [0.25, 0.3) is 0 Å². The molecular weight excluding hydrogens is 248 g/mol. The maximum Gasteiger partial charge on any atom is 0.216 e. The highest BCUT2D eigenvalue weighted by molar-refractivity contribution is 7.88. The highest BCUT2D eigenvalue weighted by atomic mass is 32.2. The van der Waals surface area contributed by atoms with Gasteiger partial charge in [-0.3, -0.25) is 0 Å². The van der Waals surface area contributed by atoms with E-state index in [4.69, 9.17) is 5.73 Å². The van der Waals surface area contributed by atoms with E-state index in [1.165, 1.54) is 0 Å². The zero-order chi connectivity index (χ0) is 13.4. The largest absolute Gasteiger partial charge is 0.329 e. The van der Waals surface area contributed by atoms with Gasteiger partial charge in [0, 0.05) is 12.6 Å². The number of sulfonamides is 1. The summed E-state index contributed by atoms with van der Waals surface area (Å²) in [5.74, 6) is 0.0104. The fourth-order valence-electron chi connectivity index (χ4n) is 1.76. The van der Waals surface area contributed by atoms with Crippen LogP contribution in [-0.2, 0) is 15.8 Å². The van der Waals surface area contributed by atoms with Gasteiger partial charge in [0.1, 0.15) is 0 Å². The molecule has 1 atom stereocenters. The molecular formula is C13H22N2O2S. The molecule has 0 aromatic heterocycles. The van der Waals surface area contributed by atoms with E-state index in [1.54, 1.807) is 0 Å². The Labute approximate surface area is 110 Å². The predicted molar refractivity (Wildman–Crippen MR) is 74.6 cm³/mol. The van der Waals surface area contributed by atoms with Crippen LogP contribution in [0.1, 0.15) is 31.7 Å². The fraction of sp³-hybridized carbons (Fsp3) is 0.538. The molecule has 0 aliphatic carbocycles. The molecule has 1 aromatic rings. The zero-order valence-corrected chi connectivity index (χ0v) is 11.6. The summed E-state index contributed by atoms with van der Waals surface area (Å²) in [4.78, 5) is 0. The Morgan fingerprint density at radius 3 is 2.50 bits per heavy atom. The van der Waals surface area contributed by atoms with Gasteiger partial charge in [-0.1, -0.05) is 50.1 Å². The summed E-state index contributed by atoms with van der Waals surface area (Å²) >= 11 is 0. The van der Waals surface area contributed by atoms with Gasteiger partial charge in [0.2, 0.25) is 10.0 Å². The van der Waals surface area contributed by atoms with Crippen molar-refractivity contribution in [2.24, 2.45) is 5.73 Å². The van der Waals surface area contributed by atoms with E-state index < -0.39 is 10.0 Å². The van der Waals surface area contributed by atoms with Crippen molar-refractivity contribution in [3.8, 4) is 0 Å². The molecule has 0 radical (unpaired) electrons. The fourth-order valence-corrected chi connectivity index (χ4v) is 3.20. The Bertz CT molecular complexity index is 432. The van der Waals surface area contributed by atoms with E-state index in [0.29, 0.717) is 6.54 Å². The van der Waals surface area contributed by atoms with Gasteiger partial charge in [-0.25, -0.2) is 13.1 Å². The minimum Gasteiger partial charge on any atom is -0.329 e. The highest BCUT2D eigenvalue weighted by Gasteiger charge is 2.16. The molecule has 102 valence electrons. The van der Waals surface area contributed by atoms with Crippen LogP contribution in [0.15, 0.2) is 30.3 Å². The Balaban J connectivity index is 2.58. The number of hydrogen-bond acceptors (Lipinski definition) is 3. The first-order valence-corrected chi connectivity index (χ1v) is 7.96. The molecule has 0 fully saturated rings. The van der Waals surface area contributed by atoms with Crippen molar-refractivity contribution in [2.45, 2.75) is 38.0 Å². The van der Waals surface area contributed by atoms with Crippen molar-refractivity contribution < 1.29 is 8.42 Å². The van der Waals surface area contributed by atoms with Crippen LogP contribution >= 0.6 is 0 Å². The molecule has 1 rings (SSSR count). The van der Waals surface area contributed by atoms with Crippen molar-refractivity contribution in [3.05, 3.63) is 35.9 Å². The van der Waals surface area contributed by atoms with E-state index in [2.05, 4.69) is 11.6 Å². The normalized spacial score (nSPS) is 13.4. The molecule has 0 bridgehead atoms. The average Bonchev–Trinajstić information content (AvgIpc) is 2.35. The van der Waals surface area contributed by atoms with Crippen molar-refractivity contribution >= 4 is 10.0 Å². The third-order valence-electron chi connectivity index (χ3n) is 2.74. The summed E-state index contributed by atoms with van der Waals surface area (Å²) < 4.78 is 26.6. The van der Waals surface area contributed by atoms with Crippen LogP contribution in [0.3, 0.4) is 0 Å². The van der Waals surface area contributed by atoms with Gasteiger partial charge in [-0.2, -0.15) is 0 Å². The topological polar surface area (TPSA) is 72.2 Å². The highest BCUT2D eigenvalue weighted by Crippen LogP contribution is 2.07. The first kappa shape index (κ1) is 15.1. The quantitative estimate of drug-likeness (QED) is 0.754. The lowest BCUT2D eigenvalue weighted by molar-refractivity contribution is 0.516. The Kier molecular flexibility index (Phi) is 6.32. The molecule has 0 aliphatic heterocycles. The van der Waals surface area contributed by atoms with Crippen molar-refractivity contribution in [1.82, 2.24) is 4.72 Å². The average molecular weight is 270 g/mol. The molecule has 0 saturated carbocycles. The molecule has 0 amide bonds. The maximum atomic E-state index is 12.0. The van der Waals surface area contributed by atoms with Crippen molar-refractivity contribution in [2.75, 3.05) is 6.54 Å². The number of nitrogens with two attached hydrogens (primary N) is 1. The zero-order valence-electron chi connectivity index (χ0n) is 10.8. The van der Waals surface area contributed by atoms with E-state index >= 15 is 0 Å². The third-order valence-corrected chi connectivity index (χ3v) is 4.14. The van der Waals surface area contributed by atoms with Crippen molar-refractivity contribution in [1.29, 1.82) is 0 Å². The second kappa shape index (κ2) is 7.51. The molecule has 1 unspecified atom stereocenters. The summed E-state index contributed by atoms with van der Waals surface area (Å²) in [6.07, 6.45) is 2.81. The standard InChI is InChI=1S/C13H22N2O2S/c1-2-3-9-13(10-14)15-18(16,17)11-12-7-5-4-6-8-12/h4-8,13,15H,2-3,9-11,14H2,1H3. The number of hydrogen-bond donors (Lipinski definition) is 2. The van der Waals surface area contributed by atoms with Gasteiger partial charge in [-0.05, 0) is 12.0 Å². The van der Waals surface area contributed by atoms with Gasteiger partial charge in [0.15, 0.2) is 0 Å². The number of benzene rings is 1. The molecule has 1 aromatic carbocycles. The Morgan fingerprint density at radius 1 is 1.28 bits per heavy atom. The Hall–Kier alpha value is -0.910. The summed E-state index contributed by atoms with van der Waals surface area (Å²) in [6, 6.07) is 9.00. The predicted octanol–water partition coefficient (Wildman–Crippen LogP) is 1.62. The summed E-state index contributed by atoms with van der Waals surface area (Å²) in [6.45, 7) is 2.42. The third kappa shape index (κ3) is 5.62. The minimum atomic E-state index is -3.31. The van der Waals surface area contributed by atoms with Gasteiger partial charge >= 0.3 is 0 Å². The molecule has 0 spiro atoms. The smallest absolute Gasteiger partial charge is 0.216 e. The lowest BCUT2D eigenvalue weighted by Crippen LogP contribution is -2.40. The molecule has 5 heteroatoms.